The normalized spacial score (nSPS) is 11.4. The molecule has 3 N–H and O–H groups in total. The molecule has 0 fully saturated rings. The first kappa shape index (κ1) is 21.3. The Kier molecular flexibility index (Phi) is 6.34. The molecule has 0 saturated heterocycles. The highest BCUT2D eigenvalue weighted by Crippen LogP contribution is 2.28. The Balaban J connectivity index is 1.78. The maximum absolute atomic E-state index is 12.7. The standard InChI is InChI=1S/C19H15Cl2N5O4/c1-10-16(17(30-25-10)12-2-4-15(5-3-12)26(28)29)18(27)24-19(22)23-9-11-6-13(20)8-14(21)7-11/h2-8H,9H2,1H3,(H3,22,23,24,27). The van der Waals surface area contributed by atoms with Gasteiger partial charge in [0.1, 0.15) is 5.56 Å². The Hall–Kier alpha value is -3.43. The molecular formula is C19H15Cl2N5O4. The Morgan fingerprint density at radius 2 is 1.87 bits per heavy atom. The van der Waals surface area contributed by atoms with Crippen LogP contribution >= 0.6 is 23.2 Å². The molecule has 30 heavy (non-hydrogen) atoms. The van der Waals surface area contributed by atoms with Crippen LogP contribution in [-0.2, 0) is 6.54 Å². The molecule has 0 saturated carbocycles. The number of nitro benzene ring substituents is 1. The maximum atomic E-state index is 12.7. The van der Waals surface area contributed by atoms with Crippen molar-refractivity contribution >= 4 is 40.8 Å². The number of non-ortho nitro benzene ring substituents is 1. The molecular weight excluding hydrogens is 433 g/mol. The number of amides is 1. The third kappa shape index (κ3) is 4.94. The minimum atomic E-state index is -0.576. The molecule has 11 heteroatoms. The molecule has 0 aliphatic rings. The molecule has 3 aromatic rings. The minimum absolute atomic E-state index is 0.0847. The van der Waals surface area contributed by atoms with Crippen LogP contribution in [0.25, 0.3) is 11.3 Å². The van der Waals surface area contributed by atoms with Gasteiger partial charge in [0.05, 0.1) is 17.2 Å². The van der Waals surface area contributed by atoms with Gasteiger partial charge in [0, 0.05) is 27.7 Å². The van der Waals surface area contributed by atoms with E-state index in [2.05, 4.69) is 15.5 Å². The summed E-state index contributed by atoms with van der Waals surface area (Å²) in [6.45, 7) is 1.75. The summed E-state index contributed by atoms with van der Waals surface area (Å²) in [5, 5.41) is 18.0. The molecule has 0 atom stereocenters. The molecule has 0 aliphatic heterocycles. The molecule has 154 valence electrons. The van der Waals surface area contributed by atoms with Gasteiger partial charge >= 0.3 is 0 Å². The largest absolute Gasteiger partial charge is 0.370 e. The van der Waals surface area contributed by atoms with Gasteiger partial charge in [-0.05, 0) is 42.8 Å². The number of halogens is 2. The number of carbonyl (C=O) groups excluding carboxylic acids is 1. The van der Waals surface area contributed by atoms with Crippen molar-refractivity contribution in [2.45, 2.75) is 13.5 Å². The van der Waals surface area contributed by atoms with Crippen LogP contribution in [0.15, 0.2) is 52.0 Å². The lowest BCUT2D eigenvalue weighted by Gasteiger charge is -2.06. The molecule has 1 amide bonds. The van der Waals surface area contributed by atoms with E-state index >= 15 is 0 Å². The number of benzene rings is 2. The van der Waals surface area contributed by atoms with Crippen molar-refractivity contribution < 1.29 is 14.2 Å². The number of nitro groups is 1. The summed E-state index contributed by atoms with van der Waals surface area (Å²) >= 11 is 11.9. The van der Waals surface area contributed by atoms with Crippen molar-refractivity contribution in [3.63, 3.8) is 0 Å². The van der Waals surface area contributed by atoms with Crippen molar-refractivity contribution in [2.75, 3.05) is 0 Å². The van der Waals surface area contributed by atoms with Gasteiger partial charge < -0.3 is 10.3 Å². The Labute approximate surface area is 180 Å². The van der Waals surface area contributed by atoms with E-state index in [1.807, 2.05) is 0 Å². The number of nitrogens with zero attached hydrogens (tertiary/aromatic N) is 3. The molecule has 2 aromatic carbocycles. The topological polar surface area (TPSA) is 137 Å². The van der Waals surface area contributed by atoms with Gasteiger partial charge in [0.2, 0.25) is 0 Å². The molecule has 3 rings (SSSR count). The number of carbonyl (C=O) groups is 1. The Morgan fingerprint density at radius 3 is 2.47 bits per heavy atom. The van der Waals surface area contributed by atoms with E-state index in [-0.39, 0.29) is 29.5 Å². The van der Waals surface area contributed by atoms with Crippen LogP contribution < -0.4 is 11.1 Å². The second kappa shape index (κ2) is 8.93. The quantitative estimate of drug-likeness (QED) is 0.261. The first-order valence-electron chi connectivity index (χ1n) is 8.52. The Morgan fingerprint density at radius 1 is 1.23 bits per heavy atom. The summed E-state index contributed by atoms with van der Waals surface area (Å²) in [6, 6.07) is 10.5. The van der Waals surface area contributed by atoms with Crippen LogP contribution in [0.4, 0.5) is 5.69 Å². The fourth-order valence-electron chi connectivity index (χ4n) is 2.67. The Bertz CT molecular complexity index is 1120. The van der Waals surface area contributed by atoms with Gasteiger partial charge in [-0.25, -0.2) is 4.99 Å². The molecule has 0 unspecified atom stereocenters. The van der Waals surface area contributed by atoms with Gasteiger partial charge in [0.25, 0.3) is 11.6 Å². The van der Waals surface area contributed by atoms with Crippen molar-refractivity contribution in [3.8, 4) is 11.3 Å². The SMILES string of the molecule is Cc1noc(-c2ccc([N+](=O)[O-])cc2)c1C(=O)NC(N)=NCc1cc(Cl)cc(Cl)c1. The van der Waals surface area contributed by atoms with Gasteiger partial charge in [0.15, 0.2) is 11.7 Å². The second-order valence-electron chi connectivity index (χ2n) is 6.21. The second-order valence-corrected chi connectivity index (χ2v) is 7.08. The highest BCUT2D eigenvalue weighted by Gasteiger charge is 2.23. The van der Waals surface area contributed by atoms with Crippen LogP contribution in [0.1, 0.15) is 21.6 Å². The summed E-state index contributed by atoms with van der Waals surface area (Å²) < 4.78 is 5.25. The van der Waals surface area contributed by atoms with Crippen molar-refractivity contribution in [3.05, 3.63) is 79.4 Å². The highest BCUT2D eigenvalue weighted by molar-refractivity contribution is 6.34. The minimum Gasteiger partial charge on any atom is -0.370 e. The number of aromatic nitrogens is 1. The number of guanidine groups is 1. The lowest BCUT2D eigenvalue weighted by Crippen LogP contribution is -2.37. The van der Waals surface area contributed by atoms with Crippen molar-refractivity contribution in [1.29, 1.82) is 0 Å². The summed E-state index contributed by atoms with van der Waals surface area (Å²) in [5.74, 6) is -0.534. The molecule has 0 bridgehead atoms. The van der Waals surface area contributed by atoms with E-state index in [9.17, 15) is 14.9 Å². The molecule has 1 heterocycles. The monoisotopic (exact) mass is 447 g/mol. The zero-order valence-corrected chi connectivity index (χ0v) is 17.1. The van der Waals surface area contributed by atoms with Gasteiger partial charge in [-0.3, -0.25) is 20.2 Å². The van der Waals surface area contributed by atoms with Crippen LogP contribution in [0.5, 0.6) is 0 Å². The number of nitrogens with two attached hydrogens (primary N) is 1. The lowest BCUT2D eigenvalue weighted by atomic mass is 10.1. The van der Waals surface area contributed by atoms with E-state index in [1.54, 1.807) is 25.1 Å². The molecule has 0 radical (unpaired) electrons. The molecule has 1 aromatic heterocycles. The summed E-state index contributed by atoms with van der Waals surface area (Å²) in [4.78, 5) is 27.1. The fourth-order valence-corrected chi connectivity index (χ4v) is 3.24. The fraction of sp³-hybridized carbons (Fsp3) is 0.105. The zero-order valence-electron chi connectivity index (χ0n) is 15.6. The van der Waals surface area contributed by atoms with E-state index in [0.717, 1.165) is 5.56 Å². The summed E-state index contributed by atoms with van der Waals surface area (Å²) in [6.07, 6.45) is 0. The molecule has 9 nitrogen and oxygen atoms in total. The van der Waals surface area contributed by atoms with Crippen LogP contribution in [-0.4, -0.2) is 21.9 Å². The number of aliphatic imine (C=N–C) groups is 1. The van der Waals surface area contributed by atoms with E-state index in [1.165, 1.54) is 24.3 Å². The summed E-state index contributed by atoms with van der Waals surface area (Å²) in [5.41, 5.74) is 7.39. The average Bonchev–Trinajstić information content (AvgIpc) is 3.07. The first-order valence-corrected chi connectivity index (χ1v) is 9.27. The van der Waals surface area contributed by atoms with Gasteiger partial charge in [-0.2, -0.15) is 0 Å². The maximum Gasteiger partial charge on any atom is 0.269 e. The van der Waals surface area contributed by atoms with Gasteiger partial charge in [-0.15, -0.1) is 0 Å². The van der Waals surface area contributed by atoms with Crippen LogP contribution in [0.2, 0.25) is 10.0 Å². The third-order valence-electron chi connectivity index (χ3n) is 4.03. The van der Waals surface area contributed by atoms with Crippen LogP contribution in [0, 0.1) is 17.0 Å². The third-order valence-corrected chi connectivity index (χ3v) is 4.46. The van der Waals surface area contributed by atoms with Gasteiger partial charge in [-0.1, -0.05) is 28.4 Å². The van der Waals surface area contributed by atoms with E-state index < -0.39 is 10.8 Å². The van der Waals surface area contributed by atoms with Crippen molar-refractivity contribution in [1.82, 2.24) is 10.5 Å². The zero-order chi connectivity index (χ0) is 21.8. The number of aryl methyl sites for hydroxylation is 1. The number of rotatable bonds is 5. The lowest BCUT2D eigenvalue weighted by molar-refractivity contribution is -0.384. The first-order chi connectivity index (χ1) is 14.2. The smallest absolute Gasteiger partial charge is 0.269 e. The number of hydrogen-bond donors (Lipinski definition) is 2. The predicted octanol–water partition coefficient (Wildman–Crippen LogP) is 4.11. The van der Waals surface area contributed by atoms with Crippen molar-refractivity contribution in [2.24, 2.45) is 10.7 Å². The number of nitrogens with one attached hydrogen (secondary N) is 1. The van der Waals surface area contributed by atoms with E-state index in [0.29, 0.717) is 21.3 Å². The average molecular weight is 448 g/mol. The predicted molar refractivity (Wildman–Crippen MR) is 113 cm³/mol. The summed E-state index contributed by atoms with van der Waals surface area (Å²) in [7, 11) is 0. The van der Waals surface area contributed by atoms with Crippen LogP contribution in [0.3, 0.4) is 0 Å². The molecule has 0 spiro atoms. The number of hydrogen-bond acceptors (Lipinski definition) is 6. The van der Waals surface area contributed by atoms with E-state index in [4.69, 9.17) is 33.5 Å². The molecule has 0 aliphatic carbocycles. The highest BCUT2D eigenvalue weighted by atomic mass is 35.5.